The van der Waals surface area contributed by atoms with Crippen LogP contribution in [0.3, 0.4) is 0 Å². The van der Waals surface area contributed by atoms with E-state index in [4.69, 9.17) is 5.73 Å². The molecule has 0 bridgehead atoms. The number of hydrogen-bond donors (Lipinski definition) is 1. The highest BCUT2D eigenvalue weighted by Gasteiger charge is 2.34. The quantitative estimate of drug-likeness (QED) is 0.840. The van der Waals surface area contributed by atoms with Gasteiger partial charge < -0.3 is 5.73 Å². The molecule has 17 heavy (non-hydrogen) atoms. The number of pyridine rings is 1. The summed E-state index contributed by atoms with van der Waals surface area (Å²) in [5, 5.41) is -0.502. The Morgan fingerprint density at radius 1 is 1.59 bits per heavy atom. The minimum atomic E-state index is -3.82. The Hall–Kier alpha value is -1.05. The molecule has 7 heteroatoms. The normalized spacial score (nSPS) is 21.9. The topological polar surface area (TPSA) is 76.3 Å². The minimum absolute atomic E-state index is 0.150. The monoisotopic (exact) mass is 259 g/mol. The average Bonchev–Trinajstić information content (AvgIpc) is 2.78. The van der Waals surface area contributed by atoms with Crippen molar-refractivity contribution in [1.82, 2.24) is 9.29 Å². The van der Waals surface area contributed by atoms with E-state index in [0.29, 0.717) is 26.1 Å². The first-order valence-corrected chi connectivity index (χ1v) is 6.80. The first kappa shape index (κ1) is 12.4. The molecule has 2 N–H and O–H groups in total. The maximum atomic E-state index is 13.4. The molecule has 1 aliphatic rings. The second-order valence-electron chi connectivity index (χ2n) is 4.04. The lowest BCUT2D eigenvalue weighted by atomic mass is 10.1. The lowest BCUT2D eigenvalue weighted by molar-refractivity contribution is 0.449. The summed E-state index contributed by atoms with van der Waals surface area (Å²) < 4.78 is 38.9. The van der Waals surface area contributed by atoms with E-state index in [1.54, 1.807) is 0 Å². The van der Waals surface area contributed by atoms with Crippen molar-refractivity contribution in [3.05, 3.63) is 24.1 Å². The third-order valence-corrected chi connectivity index (χ3v) is 4.69. The lowest BCUT2D eigenvalue weighted by Gasteiger charge is -2.15. The molecule has 0 aromatic carbocycles. The molecule has 5 nitrogen and oxygen atoms in total. The van der Waals surface area contributed by atoms with Crippen molar-refractivity contribution in [3.63, 3.8) is 0 Å². The number of rotatable bonds is 3. The van der Waals surface area contributed by atoms with E-state index in [9.17, 15) is 12.8 Å². The van der Waals surface area contributed by atoms with Crippen LogP contribution in [-0.2, 0) is 10.0 Å². The van der Waals surface area contributed by atoms with Crippen LogP contribution in [-0.4, -0.2) is 37.3 Å². The molecule has 1 atom stereocenters. The third-order valence-electron chi connectivity index (χ3n) is 2.89. The van der Waals surface area contributed by atoms with Crippen molar-refractivity contribution in [1.29, 1.82) is 0 Å². The first-order valence-electron chi connectivity index (χ1n) is 5.36. The summed E-state index contributed by atoms with van der Waals surface area (Å²) in [5.41, 5.74) is 5.50. The summed E-state index contributed by atoms with van der Waals surface area (Å²) >= 11 is 0. The van der Waals surface area contributed by atoms with Crippen LogP contribution < -0.4 is 5.73 Å². The zero-order valence-corrected chi connectivity index (χ0v) is 10.0. The predicted octanol–water partition coefficient (Wildman–Crippen LogP) is 0.190. The van der Waals surface area contributed by atoms with Crippen LogP contribution in [0.1, 0.15) is 6.42 Å². The van der Waals surface area contributed by atoms with E-state index < -0.39 is 20.9 Å². The summed E-state index contributed by atoms with van der Waals surface area (Å²) in [6.45, 7) is 1.16. The van der Waals surface area contributed by atoms with Gasteiger partial charge in [0, 0.05) is 19.3 Å². The van der Waals surface area contributed by atoms with Crippen LogP contribution in [0.5, 0.6) is 0 Å². The zero-order valence-electron chi connectivity index (χ0n) is 9.21. The second-order valence-corrected chi connectivity index (χ2v) is 5.90. The highest BCUT2D eigenvalue weighted by Crippen LogP contribution is 2.23. The Morgan fingerprint density at radius 3 is 2.94 bits per heavy atom. The Morgan fingerprint density at radius 2 is 2.35 bits per heavy atom. The van der Waals surface area contributed by atoms with E-state index in [1.807, 2.05) is 0 Å². The van der Waals surface area contributed by atoms with Gasteiger partial charge in [0.05, 0.1) is 0 Å². The van der Waals surface area contributed by atoms with E-state index in [2.05, 4.69) is 4.98 Å². The fraction of sp³-hybridized carbons (Fsp3) is 0.500. The number of nitrogens with two attached hydrogens (primary N) is 1. The van der Waals surface area contributed by atoms with Gasteiger partial charge in [-0.05, 0) is 31.0 Å². The Bertz CT molecular complexity index is 506. The lowest BCUT2D eigenvalue weighted by Crippen LogP contribution is -2.31. The van der Waals surface area contributed by atoms with Crippen LogP contribution in [0.15, 0.2) is 23.4 Å². The molecule has 2 heterocycles. The van der Waals surface area contributed by atoms with Gasteiger partial charge in [0.1, 0.15) is 0 Å². The molecule has 0 spiro atoms. The molecular weight excluding hydrogens is 245 g/mol. The second kappa shape index (κ2) is 4.67. The van der Waals surface area contributed by atoms with Crippen molar-refractivity contribution < 1.29 is 12.8 Å². The highest BCUT2D eigenvalue weighted by molar-refractivity contribution is 7.89. The van der Waals surface area contributed by atoms with Crippen LogP contribution in [0.2, 0.25) is 0 Å². The minimum Gasteiger partial charge on any atom is -0.330 e. The molecule has 1 saturated heterocycles. The molecule has 1 aliphatic heterocycles. The Labute approximate surface area is 99.5 Å². The number of halogens is 1. The molecule has 2 rings (SSSR count). The van der Waals surface area contributed by atoms with Crippen molar-refractivity contribution in [2.24, 2.45) is 11.7 Å². The fourth-order valence-corrected chi connectivity index (χ4v) is 3.40. The molecule has 1 unspecified atom stereocenters. The molecule has 1 aromatic heterocycles. The SMILES string of the molecule is NCC1CCN(S(=O)(=O)c2ncccc2F)C1. The first-order chi connectivity index (χ1) is 8.05. The van der Waals surface area contributed by atoms with Gasteiger partial charge in [-0.1, -0.05) is 0 Å². The highest BCUT2D eigenvalue weighted by atomic mass is 32.2. The average molecular weight is 259 g/mol. The molecule has 0 amide bonds. The van der Waals surface area contributed by atoms with Crippen molar-refractivity contribution in [3.8, 4) is 0 Å². The van der Waals surface area contributed by atoms with Gasteiger partial charge in [0.15, 0.2) is 5.82 Å². The van der Waals surface area contributed by atoms with Crippen LogP contribution in [0, 0.1) is 11.7 Å². The zero-order chi connectivity index (χ0) is 12.5. The van der Waals surface area contributed by atoms with Crippen LogP contribution >= 0.6 is 0 Å². The van der Waals surface area contributed by atoms with Crippen LogP contribution in [0.4, 0.5) is 4.39 Å². The summed E-state index contributed by atoms with van der Waals surface area (Å²) in [5.74, 6) is -0.666. The smallest absolute Gasteiger partial charge is 0.263 e. The number of hydrogen-bond acceptors (Lipinski definition) is 4. The number of nitrogens with zero attached hydrogens (tertiary/aromatic N) is 2. The van der Waals surface area contributed by atoms with E-state index in [-0.39, 0.29) is 5.92 Å². The molecule has 0 radical (unpaired) electrons. The predicted molar refractivity (Wildman–Crippen MR) is 60.1 cm³/mol. The molecule has 0 aliphatic carbocycles. The Balaban J connectivity index is 2.29. The van der Waals surface area contributed by atoms with Gasteiger partial charge in [-0.15, -0.1) is 0 Å². The molecule has 94 valence electrons. The summed E-state index contributed by atoms with van der Waals surface area (Å²) in [6, 6.07) is 2.46. The van der Waals surface area contributed by atoms with Crippen molar-refractivity contribution >= 4 is 10.0 Å². The molecule has 1 aromatic rings. The fourth-order valence-electron chi connectivity index (χ4n) is 1.89. The third kappa shape index (κ3) is 2.31. The van der Waals surface area contributed by atoms with Gasteiger partial charge in [-0.2, -0.15) is 4.31 Å². The Kier molecular flexibility index (Phi) is 3.41. The summed E-state index contributed by atoms with van der Waals surface area (Å²) in [6.07, 6.45) is 1.98. The van der Waals surface area contributed by atoms with Crippen molar-refractivity contribution in [2.75, 3.05) is 19.6 Å². The summed E-state index contributed by atoms with van der Waals surface area (Å²) in [4.78, 5) is 3.61. The van der Waals surface area contributed by atoms with E-state index in [1.165, 1.54) is 16.6 Å². The van der Waals surface area contributed by atoms with Gasteiger partial charge in [-0.3, -0.25) is 0 Å². The van der Waals surface area contributed by atoms with Gasteiger partial charge in [0.25, 0.3) is 10.0 Å². The number of aromatic nitrogens is 1. The maximum Gasteiger partial charge on any atom is 0.263 e. The van der Waals surface area contributed by atoms with Gasteiger partial charge >= 0.3 is 0 Å². The molecular formula is C10H14FN3O2S. The number of sulfonamides is 1. The molecule has 0 saturated carbocycles. The van der Waals surface area contributed by atoms with Gasteiger partial charge in [-0.25, -0.2) is 17.8 Å². The van der Waals surface area contributed by atoms with Gasteiger partial charge in [0.2, 0.25) is 5.03 Å². The van der Waals surface area contributed by atoms with E-state index >= 15 is 0 Å². The molecule has 1 fully saturated rings. The van der Waals surface area contributed by atoms with E-state index in [0.717, 1.165) is 6.07 Å². The largest absolute Gasteiger partial charge is 0.330 e. The summed E-state index contributed by atoms with van der Waals surface area (Å²) in [7, 11) is -3.82. The van der Waals surface area contributed by atoms with Crippen LogP contribution in [0.25, 0.3) is 0 Å². The maximum absolute atomic E-state index is 13.4. The van der Waals surface area contributed by atoms with Crippen molar-refractivity contribution in [2.45, 2.75) is 11.4 Å². The standard InChI is InChI=1S/C10H14FN3O2S/c11-9-2-1-4-13-10(9)17(15,16)14-5-3-8(6-12)7-14/h1-2,4,8H,3,5-7,12H2.